The van der Waals surface area contributed by atoms with Crippen LogP contribution in [0.2, 0.25) is 0 Å². The second kappa shape index (κ2) is 4.50. The lowest BCUT2D eigenvalue weighted by Crippen LogP contribution is -2.25. The Labute approximate surface area is 64.0 Å². The van der Waals surface area contributed by atoms with Gasteiger partial charge in [-0.05, 0) is 6.42 Å². The standard InChI is InChI=1S/C6H10ClFO2/c1-2-3-4(8)5(7)6(9)10/h4-5H,2-3H2,1H3,(H,9,10). The zero-order valence-corrected chi connectivity index (χ0v) is 6.44. The summed E-state index contributed by atoms with van der Waals surface area (Å²) in [5.74, 6) is -1.29. The van der Waals surface area contributed by atoms with Crippen molar-refractivity contribution >= 4 is 17.6 Å². The number of carboxylic acid groups (broad SMARTS) is 1. The van der Waals surface area contributed by atoms with Gasteiger partial charge in [-0.2, -0.15) is 0 Å². The lowest BCUT2D eigenvalue weighted by atomic mass is 10.2. The first-order valence-electron chi connectivity index (χ1n) is 3.10. The van der Waals surface area contributed by atoms with E-state index in [4.69, 9.17) is 16.7 Å². The summed E-state index contributed by atoms with van der Waals surface area (Å²) in [6, 6.07) is 0. The number of rotatable bonds is 4. The first-order chi connectivity index (χ1) is 4.59. The zero-order valence-electron chi connectivity index (χ0n) is 5.68. The van der Waals surface area contributed by atoms with Crippen molar-refractivity contribution in [2.75, 3.05) is 0 Å². The largest absolute Gasteiger partial charge is 0.480 e. The Bertz CT molecular complexity index is 118. The highest BCUT2D eigenvalue weighted by Gasteiger charge is 2.24. The molecule has 0 radical (unpaired) electrons. The zero-order chi connectivity index (χ0) is 8.15. The van der Waals surface area contributed by atoms with Crippen LogP contribution in [0.15, 0.2) is 0 Å². The van der Waals surface area contributed by atoms with E-state index < -0.39 is 17.5 Å². The average Bonchev–Trinajstić information content (AvgIpc) is 1.87. The molecule has 0 aromatic carbocycles. The summed E-state index contributed by atoms with van der Waals surface area (Å²) >= 11 is 5.17. The Balaban J connectivity index is 3.69. The molecule has 0 spiro atoms. The minimum Gasteiger partial charge on any atom is -0.480 e. The van der Waals surface area contributed by atoms with Crippen molar-refractivity contribution < 1.29 is 14.3 Å². The molecule has 2 atom stereocenters. The van der Waals surface area contributed by atoms with E-state index in [2.05, 4.69) is 0 Å². The maximum Gasteiger partial charge on any atom is 0.324 e. The van der Waals surface area contributed by atoms with Gasteiger partial charge in [-0.25, -0.2) is 4.39 Å². The monoisotopic (exact) mass is 168 g/mol. The van der Waals surface area contributed by atoms with Gasteiger partial charge in [0.15, 0.2) is 5.38 Å². The molecule has 2 nitrogen and oxygen atoms in total. The summed E-state index contributed by atoms with van der Waals surface area (Å²) in [7, 11) is 0. The molecule has 2 unspecified atom stereocenters. The molecule has 1 N–H and O–H groups in total. The number of hydrogen-bond donors (Lipinski definition) is 1. The van der Waals surface area contributed by atoms with Gasteiger partial charge < -0.3 is 5.11 Å². The number of hydrogen-bond acceptors (Lipinski definition) is 1. The van der Waals surface area contributed by atoms with E-state index in [1.54, 1.807) is 6.92 Å². The van der Waals surface area contributed by atoms with Crippen LogP contribution in [0.25, 0.3) is 0 Å². The van der Waals surface area contributed by atoms with E-state index in [-0.39, 0.29) is 6.42 Å². The lowest BCUT2D eigenvalue weighted by molar-refractivity contribution is -0.137. The van der Waals surface area contributed by atoms with Gasteiger partial charge in [0.1, 0.15) is 6.17 Å². The molecule has 60 valence electrons. The molecule has 0 aromatic heterocycles. The SMILES string of the molecule is CCCC(F)C(Cl)C(=O)O. The Kier molecular flexibility index (Phi) is 4.36. The second-order valence-electron chi connectivity index (χ2n) is 2.04. The minimum absolute atomic E-state index is 0.209. The molecule has 0 heterocycles. The lowest BCUT2D eigenvalue weighted by Gasteiger charge is -2.07. The van der Waals surface area contributed by atoms with E-state index in [0.717, 1.165) is 0 Å². The van der Waals surface area contributed by atoms with Gasteiger partial charge in [0.25, 0.3) is 0 Å². The molecule has 10 heavy (non-hydrogen) atoms. The Morgan fingerprint density at radius 2 is 2.30 bits per heavy atom. The van der Waals surface area contributed by atoms with Crippen LogP contribution in [-0.4, -0.2) is 22.6 Å². The highest BCUT2D eigenvalue weighted by Crippen LogP contribution is 2.12. The van der Waals surface area contributed by atoms with Crippen molar-refractivity contribution in [2.24, 2.45) is 0 Å². The van der Waals surface area contributed by atoms with Crippen LogP contribution in [-0.2, 0) is 4.79 Å². The van der Waals surface area contributed by atoms with E-state index in [1.807, 2.05) is 0 Å². The fourth-order valence-electron chi connectivity index (χ4n) is 0.577. The summed E-state index contributed by atoms with van der Waals surface area (Å²) in [4.78, 5) is 10.0. The fourth-order valence-corrected chi connectivity index (χ4v) is 0.703. The average molecular weight is 169 g/mol. The normalized spacial score (nSPS) is 16.3. The third-order valence-electron chi connectivity index (χ3n) is 1.12. The van der Waals surface area contributed by atoms with Crippen molar-refractivity contribution in [3.05, 3.63) is 0 Å². The van der Waals surface area contributed by atoms with Gasteiger partial charge >= 0.3 is 5.97 Å². The van der Waals surface area contributed by atoms with Crippen LogP contribution >= 0.6 is 11.6 Å². The van der Waals surface area contributed by atoms with Gasteiger partial charge in [-0.1, -0.05) is 13.3 Å². The van der Waals surface area contributed by atoms with Gasteiger partial charge in [-0.15, -0.1) is 11.6 Å². The summed E-state index contributed by atoms with van der Waals surface area (Å²) in [5, 5.41) is 6.82. The topological polar surface area (TPSA) is 37.3 Å². The Hall–Kier alpha value is -0.310. The maximum absolute atomic E-state index is 12.5. The molecular weight excluding hydrogens is 159 g/mol. The summed E-state index contributed by atoms with van der Waals surface area (Å²) in [5.41, 5.74) is 0. The smallest absolute Gasteiger partial charge is 0.324 e. The predicted molar refractivity (Wildman–Crippen MR) is 37.1 cm³/mol. The minimum atomic E-state index is -1.43. The van der Waals surface area contributed by atoms with E-state index in [9.17, 15) is 9.18 Å². The first kappa shape index (κ1) is 9.69. The molecule has 0 aliphatic rings. The first-order valence-corrected chi connectivity index (χ1v) is 3.54. The van der Waals surface area contributed by atoms with Crippen LogP contribution in [0.4, 0.5) is 4.39 Å². The number of alkyl halides is 2. The van der Waals surface area contributed by atoms with E-state index in [1.165, 1.54) is 0 Å². The number of carbonyl (C=O) groups is 1. The van der Waals surface area contributed by atoms with Crippen molar-refractivity contribution in [1.82, 2.24) is 0 Å². The number of carboxylic acids is 1. The molecule has 0 saturated carbocycles. The molecule has 0 rings (SSSR count). The van der Waals surface area contributed by atoms with E-state index in [0.29, 0.717) is 6.42 Å². The van der Waals surface area contributed by atoms with Gasteiger partial charge in [0, 0.05) is 0 Å². The van der Waals surface area contributed by atoms with Crippen molar-refractivity contribution in [1.29, 1.82) is 0 Å². The van der Waals surface area contributed by atoms with Crippen molar-refractivity contribution in [3.8, 4) is 0 Å². The molecule has 0 aromatic rings. The third-order valence-corrected chi connectivity index (χ3v) is 1.58. The molecular formula is C6H10ClFO2. The van der Waals surface area contributed by atoms with Crippen molar-refractivity contribution in [3.63, 3.8) is 0 Å². The Morgan fingerprint density at radius 3 is 2.60 bits per heavy atom. The van der Waals surface area contributed by atoms with Crippen LogP contribution in [0.1, 0.15) is 19.8 Å². The van der Waals surface area contributed by atoms with E-state index >= 15 is 0 Å². The quantitative estimate of drug-likeness (QED) is 0.651. The summed E-state index contributed by atoms with van der Waals surface area (Å²) in [6.45, 7) is 1.78. The number of halogens is 2. The van der Waals surface area contributed by atoms with Crippen LogP contribution in [0.5, 0.6) is 0 Å². The summed E-state index contributed by atoms with van der Waals surface area (Å²) < 4.78 is 12.5. The molecule has 0 bridgehead atoms. The van der Waals surface area contributed by atoms with Gasteiger partial charge in [-0.3, -0.25) is 4.79 Å². The van der Waals surface area contributed by atoms with Crippen LogP contribution in [0.3, 0.4) is 0 Å². The van der Waals surface area contributed by atoms with Gasteiger partial charge in [0.05, 0.1) is 0 Å². The maximum atomic E-state index is 12.5. The summed E-state index contributed by atoms with van der Waals surface area (Å²) in [6.07, 6.45) is -0.609. The van der Waals surface area contributed by atoms with Crippen molar-refractivity contribution in [2.45, 2.75) is 31.3 Å². The van der Waals surface area contributed by atoms with Crippen LogP contribution < -0.4 is 0 Å². The molecule has 0 aliphatic heterocycles. The second-order valence-corrected chi connectivity index (χ2v) is 2.51. The van der Waals surface area contributed by atoms with Crippen LogP contribution in [0, 0.1) is 0 Å². The molecule has 0 aliphatic carbocycles. The number of aliphatic carboxylic acids is 1. The molecule has 0 fully saturated rings. The highest BCUT2D eigenvalue weighted by atomic mass is 35.5. The fraction of sp³-hybridized carbons (Fsp3) is 0.833. The van der Waals surface area contributed by atoms with Gasteiger partial charge in [0.2, 0.25) is 0 Å². The predicted octanol–water partition coefficient (Wildman–Crippen LogP) is 1.82. The molecule has 0 saturated heterocycles. The molecule has 0 amide bonds. The molecule has 4 heteroatoms. The highest BCUT2D eigenvalue weighted by molar-refractivity contribution is 6.30. The third kappa shape index (κ3) is 3.01. The Morgan fingerprint density at radius 1 is 1.80 bits per heavy atom.